The van der Waals surface area contributed by atoms with Crippen molar-refractivity contribution in [2.75, 3.05) is 12.4 Å². The molecule has 0 aliphatic carbocycles. The van der Waals surface area contributed by atoms with Gasteiger partial charge in [-0.3, -0.25) is 0 Å². The summed E-state index contributed by atoms with van der Waals surface area (Å²) in [6.45, 7) is 0.313. The molecule has 1 rings (SSSR count). The van der Waals surface area contributed by atoms with Gasteiger partial charge in [-0.1, -0.05) is 30.0 Å². The maximum atomic E-state index is 11.7. The van der Waals surface area contributed by atoms with E-state index in [0.29, 0.717) is 18.8 Å². The Labute approximate surface area is 90.6 Å². The number of hydrogen-bond acceptors (Lipinski definition) is 2. The SMILES string of the molecule is FC(F)(F)SCCCOc1ccccc1. The molecule has 15 heavy (non-hydrogen) atoms. The van der Waals surface area contributed by atoms with Crippen molar-refractivity contribution in [3.8, 4) is 5.75 Å². The molecule has 0 aliphatic rings. The third kappa shape index (κ3) is 6.28. The van der Waals surface area contributed by atoms with Gasteiger partial charge in [0, 0.05) is 5.75 Å². The average Bonchev–Trinajstić information content (AvgIpc) is 2.17. The van der Waals surface area contributed by atoms with E-state index in [-0.39, 0.29) is 17.5 Å². The highest BCUT2D eigenvalue weighted by atomic mass is 32.2. The van der Waals surface area contributed by atoms with Crippen LogP contribution in [-0.4, -0.2) is 17.9 Å². The molecule has 1 nitrogen and oxygen atoms in total. The molecular formula is C10H11F3OS. The summed E-state index contributed by atoms with van der Waals surface area (Å²) >= 11 is -0.0113. The molecule has 0 radical (unpaired) electrons. The van der Waals surface area contributed by atoms with Crippen LogP contribution in [0.1, 0.15) is 6.42 Å². The van der Waals surface area contributed by atoms with E-state index in [1.807, 2.05) is 18.2 Å². The van der Waals surface area contributed by atoms with Crippen molar-refractivity contribution in [1.82, 2.24) is 0 Å². The summed E-state index contributed by atoms with van der Waals surface area (Å²) in [5.74, 6) is 0.727. The van der Waals surface area contributed by atoms with Gasteiger partial charge in [-0.15, -0.1) is 0 Å². The zero-order chi connectivity index (χ0) is 11.1. The molecule has 0 aromatic heterocycles. The standard InChI is InChI=1S/C10H11F3OS/c11-10(12,13)15-8-4-7-14-9-5-2-1-3-6-9/h1-3,5-6H,4,7-8H2. The topological polar surface area (TPSA) is 9.23 Å². The number of benzene rings is 1. The molecule has 0 aliphatic heterocycles. The first kappa shape index (κ1) is 12.2. The molecule has 0 heterocycles. The monoisotopic (exact) mass is 236 g/mol. The Morgan fingerprint density at radius 1 is 1.13 bits per heavy atom. The molecule has 0 fully saturated rings. The second-order valence-corrected chi connectivity index (χ2v) is 3.97. The van der Waals surface area contributed by atoms with E-state index in [2.05, 4.69) is 0 Å². The third-order valence-electron chi connectivity index (χ3n) is 1.57. The van der Waals surface area contributed by atoms with Crippen LogP contribution in [0.25, 0.3) is 0 Å². The molecule has 0 N–H and O–H groups in total. The highest BCUT2D eigenvalue weighted by Crippen LogP contribution is 2.30. The van der Waals surface area contributed by atoms with Gasteiger partial charge in [0.15, 0.2) is 0 Å². The lowest BCUT2D eigenvalue weighted by molar-refractivity contribution is -0.0328. The van der Waals surface area contributed by atoms with Crippen molar-refractivity contribution >= 4 is 11.8 Å². The van der Waals surface area contributed by atoms with E-state index in [1.165, 1.54) is 0 Å². The zero-order valence-electron chi connectivity index (χ0n) is 7.96. The third-order valence-corrected chi connectivity index (χ3v) is 2.39. The Kier molecular flexibility index (Phi) is 4.81. The Hall–Kier alpha value is -0.840. The summed E-state index contributed by atoms with van der Waals surface area (Å²) in [5, 5.41) is 0. The number of para-hydroxylation sites is 1. The van der Waals surface area contributed by atoms with Gasteiger partial charge in [0.2, 0.25) is 0 Å². The van der Waals surface area contributed by atoms with Crippen molar-refractivity contribution in [3.63, 3.8) is 0 Å². The smallest absolute Gasteiger partial charge is 0.441 e. The summed E-state index contributed by atoms with van der Waals surface area (Å²) in [4.78, 5) is 0. The van der Waals surface area contributed by atoms with Crippen LogP contribution in [0.4, 0.5) is 13.2 Å². The molecule has 0 saturated carbocycles. The molecule has 0 saturated heterocycles. The van der Waals surface area contributed by atoms with Crippen LogP contribution in [0.2, 0.25) is 0 Å². The first-order valence-corrected chi connectivity index (χ1v) is 5.45. The van der Waals surface area contributed by atoms with Crippen molar-refractivity contribution in [2.45, 2.75) is 11.9 Å². The molecule has 0 unspecified atom stereocenters. The summed E-state index contributed by atoms with van der Waals surface area (Å²) in [7, 11) is 0. The minimum atomic E-state index is -4.13. The Morgan fingerprint density at radius 3 is 2.40 bits per heavy atom. The van der Waals surface area contributed by atoms with E-state index in [0.717, 1.165) is 0 Å². The minimum Gasteiger partial charge on any atom is -0.494 e. The summed E-state index contributed by atoms with van der Waals surface area (Å²) in [6.07, 6.45) is 0.388. The van der Waals surface area contributed by atoms with Crippen LogP contribution < -0.4 is 4.74 Å². The van der Waals surface area contributed by atoms with Crippen LogP contribution in [0.3, 0.4) is 0 Å². The molecule has 1 aromatic carbocycles. The first-order valence-electron chi connectivity index (χ1n) is 4.46. The van der Waals surface area contributed by atoms with E-state index in [1.54, 1.807) is 12.1 Å². The number of hydrogen-bond donors (Lipinski definition) is 0. The zero-order valence-corrected chi connectivity index (χ0v) is 8.77. The second kappa shape index (κ2) is 5.90. The predicted molar refractivity (Wildman–Crippen MR) is 55.1 cm³/mol. The van der Waals surface area contributed by atoms with Crippen LogP contribution in [-0.2, 0) is 0 Å². The fourth-order valence-electron chi connectivity index (χ4n) is 0.954. The molecule has 0 spiro atoms. The van der Waals surface area contributed by atoms with E-state index in [9.17, 15) is 13.2 Å². The van der Waals surface area contributed by atoms with Crippen molar-refractivity contribution in [1.29, 1.82) is 0 Å². The largest absolute Gasteiger partial charge is 0.494 e. The molecule has 0 amide bonds. The van der Waals surface area contributed by atoms with Crippen molar-refractivity contribution in [3.05, 3.63) is 30.3 Å². The van der Waals surface area contributed by atoms with Gasteiger partial charge in [-0.05, 0) is 18.6 Å². The number of halogens is 3. The normalized spacial score (nSPS) is 11.4. The van der Waals surface area contributed by atoms with E-state index in [4.69, 9.17) is 4.74 Å². The minimum absolute atomic E-state index is 0.0113. The highest BCUT2D eigenvalue weighted by molar-refractivity contribution is 8.00. The summed E-state index contributed by atoms with van der Waals surface area (Å²) in [6, 6.07) is 9.04. The van der Waals surface area contributed by atoms with Gasteiger partial charge in [0.05, 0.1) is 6.61 Å². The van der Waals surface area contributed by atoms with Crippen LogP contribution in [0.5, 0.6) is 5.75 Å². The van der Waals surface area contributed by atoms with Gasteiger partial charge in [0.25, 0.3) is 0 Å². The Balaban J connectivity index is 2.08. The lowest BCUT2D eigenvalue weighted by Crippen LogP contribution is -2.04. The fourth-order valence-corrected chi connectivity index (χ4v) is 1.45. The molecule has 5 heteroatoms. The average molecular weight is 236 g/mol. The first-order chi connectivity index (χ1) is 7.08. The number of alkyl halides is 3. The summed E-state index contributed by atoms with van der Waals surface area (Å²) < 4.78 is 40.4. The number of thioether (sulfide) groups is 1. The van der Waals surface area contributed by atoms with Crippen molar-refractivity contribution < 1.29 is 17.9 Å². The Morgan fingerprint density at radius 2 is 1.80 bits per heavy atom. The van der Waals surface area contributed by atoms with Gasteiger partial charge < -0.3 is 4.74 Å². The number of ether oxygens (including phenoxy) is 1. The quantitative estimate of drug-likeness (QED) is 0.721. The maximum Gasteiger partial charge on any atom is 0.441 e. The van der Waals surface area contributed by atoms with E-state index < -0.39 is 5.51 Å². The van der Waals surface area contributed by atoms with Gasteiger partial charge in [0.1, 0.15) is 5.75 Å². The fraction of sp³-hybridized carbons (Fsp3) is 0.400. The second-order valence-electron chi connectivity index (χ2n) is 2.81. The van der Waals surface area contributed by atoms with E-state index >= 15 is 0 Å². The number of rotatable bonds is 5. The molecular weight excluding hydrogens is 225 g/mol. The lowest BCUT2D eigenvalue weighted by atomic mass is 10.3. The molecule has 0 atom stereocenters. The highest BCUT2D eigenvalue weighted by Gasteiger charge is 2.27. The van der Waals surface area contributed by atoms with Gasteiger partial charge in [-0.2, -0.15) is 13.2 Å². The Bertz CT molecular complexity index is 274. The van der Waals surface area contributed by atoms with Crippen LogP contribution >= 0.6 is 11.8 Å². The van der Waals surface area contributed by atoms with Gasteiger partial charge in [-0.25, -0.2) is 0 Å². The molecule has 0 bridgehead atoms. The summed E-state index contributed by atoms with van der Waals surface area (Å²) in [5.41, 5.74) is -4.13. The molecule has 1 aromatic rings. The van der Waals surface area contributed by atoms with Crippen molar-refractivity contribution in [2.24, 2.45) is 0 Å². The lowest BCUT2D eigenvalue weighted by Gasteiger charge is -2.07. The van der Waals surface area contributed by atoms with Crippen LogP contribution in [0.15, 0.2) is 30.3 Å². The maximum absolute atomic E-state index is 11.7. The van der Waals surface area contributed by atoms with Crippen LogP contribution in [0, 0.1) is 0 Å². The van der Waals surface area contributed by atoms with Gasteiger partial charge >= 0.3 is 5.51 Å². The predicted octanol–water partition coefficient (Wildman–Crippen LogP) is 3.71. The molecule has 84 valence electrons.